The number of alkyl halides is 3. The van der Waals surface area contributed by atoms with Crippen LogP contribution in [0.5, 0.6) is 0 Å². The van der Waals surface area contributed by atoms with Crippen LogP contribution in [-0.4, -0.2) is 38.0 Å². The molecule has 0 unspecified atom stereocenters. The van der Waals surface area contributed by atoms with Gasteiger partial charge in [-0.25, -0.2) is 12.7 Å². The van der Waals surface area contributed by atoms with Crippen molar-refractivity contribution in [1.29, 1.82) is 0 Å². The van der Waals surface area contributed by atoms with Gasteiger partial charge in [-0.3, -0.25) is 0 Å². The molecule has 136 valence electrons. The number of hydrogen-bond acceptors (Lipinski definition) is 3. The molecular weight excluding hydrogens is 343 g/mol. The van der Waals surface area contributed by atoms with E-state index in [1.54, 1.807) is 0 Å². The largest absolute Gasteiger partial charge is 0.416 e. The highest BCUT2D eigenvalue weighted by atomic mass is 32.2. The van der Waals surface area contributed by atoms with Crippen molar-refractivity contribution < 1.29 is 26.7 Å². The third kappa shape index (κ3) is 4.49. The first kappa shape index (κ1) is 19.2. The Hall–Kier alpha value is -1.12. The molecule has 0 atom stereocenters. The minimum atomic E-state index is -4.49. The molecule has 1 aliphatic rings. The standard InChI is InChI=1S/C16H22F3NO3S/c1-20(10-12-2-4-13(11-21)5-3-12)24(22,23)15-8-6-14(7-9-15)16(17,18)19/h6-9,12-13,21H,2-5,10-11H2,1H3. The third-order valence-corrected chi connectivity index (χ3v) is 6.47. The van der Waals surface area contributed by atoms with Crippen molar-refractivity contribution in [2.24, 2.45) is 11.8 Å². The molecule has 0 amide bonds. The van der Waals surface area contributed by atoms with Crippen LogP contribution in [-0.2, 0) is 16.2 Å². The maximum Gasteiger partial charge on any atom is 0.416 e. The number of halogens is 3. The molecule has 1 N–H and O–H groups in total. The molecule has 0 aliphatic heterocycles. The van der Waals surface area contributed by atoms with Crippen LogP contribution in [0.1, 0.15) is 31.2 Å². The topological polar surface area (TPSA) is 57.6 Å². The van der Waals surface area contributed by atoms with Crippen molar-refractivity contribution in [3.05, 3.63) is 29.8 Å². The lowest BCUT2D eigenvalue weighted by Gasteiger charge is -2.30. The molecule has 24 heavy (non-hydrogen) atoms. The zero-order chi connectivity index (χ0) is 18.0. The second kappa shape index (κ2) is 7.41. The Bertz CT molecular complexity index is 636. The Morgan fingerprint density at radius 1 is 1.08 bits per heavy atom. The molecule has 1 aromatic carbocycles. The predicted molar refractivity (Wildman–Crippen MR) is 83.8 cm³/mol. The van der Waals surface area contributed by atoms with E-state index in [-0.39, 0.29) is 23.3 Å². The maximum atomic E-state index is 12.6. The van der Waals surface area contributed by atoms with Crippen LogP contribution in [0.15, 0.2) is 29.2 Å². The summed E-state index contributed by atoms with van der Waals surface area (Å²) in [6.07, 6.45) is -1.06. The van der Waals surface area contributed by atoms with Crippen molar-refractivity contribution in [3.63, 3.8) is 0 Å². The Balaban J connectivity index is 2.04. The molecule has 0 heterocycles. The molecular formula is C16H22F3NO3S. The zero-order valence-corrected chi connectivity index (χ0v) is 14.3. The average molecular weight is 365 g/mol. The van der Waals surface area contributed by atoms with Gasteiger partial charge in [-0.2, -0.15) is 13.2 Å². The van der Waals surface area contributed by atoms with E-state index in [0.29, 0.717) is 6.54 Å². The molecule has 0 bridgehead atoms. The Morgan fingerprint density at radius 3 is 2.04 bits per heavy atom. The van der Waals surface area contributed by atoms with Crippen molar-refractivity contribution in [3.8, 4) is 0 Å². The molecule has 1 fully saturated rings. The van der Waals surface area contributed by atoms with Gasteiger partial charge >= 0.3 is 6.18 Å². The second-order valence-electron chi connectivity index (χ2n) is 6.38. The van der Waals surface area contributed by atoms with Crippen molar-refractivity contribution in [2.75, 3.05) is 20.2 Å². The molecule has 0 aromatic heterocycles. The first-order valence-corrected chi connectivity index (χ1v) is 9.33. The van der Waals surface area contributed by atoms with Gasteiger partial charge in [0, 0.05) is 20.2 Å². The molecule has 0 saturated heterocycles. The van der Waals surface area contributed by atoms with E-state index in [1.807, 2.05) is 0 Å². The van der Waals surface area contributed by atoms with Crippen LogP contribution >= 0.6 is 0 Å². The Labute approximate surface area is 140 Å². The van der Waals surface area contributed by atoms with Gasteiger partial charge in [0.25, 0.3) is 0 Å². The fraction of sp³-hybridized carbons (Fsp3) is 0.625. The van der Waals surface area contributed by atoms with Crippen LogP contribution in [0.3, 0.4) is 0 Å². The van der Waals surface area contributed by atoms with Crippen LogP contribution < -0.4 is 0 Å². The predicted octanol–water partition coefficient (Wildman–Crippen LogP) is 3.12. The molecule has 8 heteroatoms. The molecule has 2 rings (SSSR count). The van der Waals surface area contributed by atoms with Crippen molar-refractivity contribution >= 4 is 10.0 Å². The van der Waals surface area contributed by atoms with Gasteiger partial charge < -0.3 is 5.11 Å². The minimum absolute atomic E-state index is 0.137. The van der Waals surface area contributed by atoms with E-state index in [1.165, 1.54) is 11.4 Å². The lowest BCUT2D eigenvalue weighted by atomic mass is 9.82. The summed E-state index contributed by atoms with van der Waals surface area (Å²) in [7, 11) is -2.35. The summed E-state index contributed by atoms with van der Waals surface area (Å²) in [4.78, 5) is -0.137. The van der Waals surface area contributed by atoms with Gasteiger partial charge in [-0.15, -0.1) is 0 Å². The van der Waals surface area contributed by atoms with Crippen LogP contribution in [0.25, 0.3) is 0 Å². The molecule has 0 spiro atoms. The quantitative estimate of drug-likeness (QED) is 0.872. The van der Waals surface area contributed by atoms with Gasteiger partial charge in [0.1, 0.15) is 0 Å². The third-order valence-electron chi connectivity index (χ3n) is 4.63. The molecule has 4 nitrogen and oxygen atoms in total. The van der Waals surface area contributed by atoms with E-state index in [0.717, 1.165) is 49.9 Å². The number of aliphatic hydroxyl groups is 1. The van der Waals surface area contributed by atoms with E-state index < -0.39 is 21.8 Å². The van der Waals surface area contributed by atoms with Gasteiger partial charge in [0.2, 0.25) is 10.0 Å². The molecule has 1 aliphatic carbocycles. The number of nitrogens with zero attached hydrogens (tertiary/aromatic N) is 1. The molecule has 0 radical (unpaired) electrons. The van der Waals surface area contributed by atoms with Crippen LogP contribution in [0.2, 0.25) is 0 Å². The van der Waals surface area contributed by atoms with E-state index >= 15 is 0 Å². The first-order valence-electron chi connectivity index (χ1n) is 7.89. The second-order valence-corrected chi connectivity index (χ2v) is 8.42. The average Bonchev–Trinajstić information content (AvgIpc) is 2.54. The van der Waals surface area contributed by atoms with Crippen LogP contribution in [0, 0.1) is 11.8 Å². The van der Waals surface area contributed by atoms with Crippen molar-refractivity contribution in [1.82, 2.24) is 4.31 Å². The fourth-order valence-electron chi connectivity index (χ4n) is 3.05. The van der Waals surface area contributed by atoms with Crippen LogP contribution in [0.4, 0.5) is 13.2 Å². The highest BCUT2D eigenvalue weighted by Gasteiger charge is 2.31. The fourth-order valence-corrected chi connectivity index (χ4v) is 4.30. The smallest absolute Gasteiger partial charge is 0.396 e. The minimum Gasteiger partial charge on any atom is -0.396 e. The Morgan fingerprint density at radius 2 is 1.58 bits per heavy atom. The van der Waals surface area contributed by atoms with E-state index in [9.17, 15) is 21.6 Å². The number of aliphatic hydroxyl groups excluding tert-OH is 1. The summed E-state index contributed by atoms with van der Waals surface area (Å²) < 4.78 is 63.9. The van der Waals surface area contributed by atoms with Gasteiger partial charge in [0.05, 0.1) is 10.5 Å². The summed E-state index contributed by atoms with van der Waals surface area (Å²) in [5.74, 6) is 0.500. The summed E-state index contributed by atoms with van der Waals surface area (Å²) in [5, 5.41) is 9.13. The van der Waals surface area contributed by atoms with E-state index in [4.69, 9.17) is 5.11 Å². The molecule has 1 aromatic rings. The number of hydrogen-bond donors (Lipinski definition) is 1. The highest BCUT2D eigenvalue weighted by molar-refractivity contribution is 7.89. The summed E-state index contributed by atoms with van der Waals surface area (Å²) in [5.41, 5.74) is -0.869. The van der Waals surface area contributed by atoms with E-state index in [2.05, 4.69) is 0 Å². The van der Waals surface area contributed by atoms with Gasteiger partial charge in [-0.05, 0) is 61.8 Å². The number of benzene rings is 1. The Kier molecular flexibility index (Phi) is 5.93. The monoisotopic (exact) mass is 365 g/mol. The van der Waals surface area contributed by atoms with Crippen molar-refractivity contribution in [2.45, 2.75) is 36.8 Å². The zero-order valence-electron chi connectivity index (χ0n) is 13.5. The summed E-state index contributed by atoms with van der Waals surface area (Å²) in [6, 6.07) is 3.56. The summed E-state index contributed by atoms with van der Waals surface area (Å²) >= 11 is 0. The molecule has 1 saturated carbocycles. The van der Waals surface area contributed by atoms with Gasteiger partial charge in [-0.1, -0.05) is 0 Å². The first-order chi connectivity index (χ1) is 11.1. The number of sulfonamides is 1. The number of rotatable bonds is 5. The highest BCUT2D eigenvalue weighted by Crippen LogP contribution is 2.31. The summed E-state index contributed by atoms with van der Waals surface area (Å²) in [6.45, 7) is 0.494. The normalized spacial score (nSPS) is 22.8. The SMILES string of the molecule is CN(CC1CCC(CO)CC1)S(=O)(=O)c1ccc(C(F)(F)F)cc1. The lowest BCUT2D eigenvalue weighted by Crippen LogP contribution is -2.33. The lowest BCUT2D eigenvalue weighted by molar-refractivity contribution is -0.137. The maximum absolute atomic E-state index is 12.6. The van der Waals surface area contributed by atoms with Gasteiger partial charge in [0.15, 0.2) is 0 Å².